The number of carbonyl (C=O) groups excluding carboxylic acids is 1. The molecule has 1 aromatic carbocycles. The molecule has 130 valence electrons. The van der Waals surface area contributed by atoms with Crippen molar-refractivity contribution >= 4 is 18.3 Å². The van der Waals surface area contributed by atoms with Crippen molar-refractivity contribution in [1.29, 1.82) is 0 Å². The third kappa shape index (κ3) is 4.35. The number of amides is 1. The first-order valence-corrected chi connectivity index (χ1v) is 7.91. The zero-order valence-corrected chi connectivity index (χ0v) is 14.3. The number of ether oxygens (including phenoxy) is 1. The molecule has 3 N–H and O–H groups in total. The maximum absolute atomic E-state index is 12.2. The summed E-state index contributed by atoms with van der Waals surface area (Å²) >= 11 is 0. The fraction of sp³-hybridized carbons (Fsp3) is 0.412. The van der Waals surface area contributed by atoms with Crippen molar-refractivity contribution in [3.05, 3.63) is 48.3 Å². The molecule has 0 aliphatic carbocycles. The first-order chi connectivity index (χ1) is 11.2. The highest BCUT2D eigenvalue weighted by molar-refractivity contribution is 5.86. The average molecular weight is 351 g/mol. The number of hydrogen-bond acceptors (Lipinski definition) is 4. The van der Waals surface area contributed by atoms with Crippen molar-refractivity contribution in [2.45, 2.75) is 24.8 Å². The molecule has 0 spiro atoms. The molecule has 3 rings (SSSR count). The Labute approximate surface area is 147 Å². The minimum atomic E-state index is -0.785. The highest BCUT2D eigenvalue weighted by Crippen LogP contribution is 2.17. The van der Waals surface area contributed by atoms with Crippen molar-refractivity contribution in [1.82, 2.24) is 15.1 Å². The van der Waals surface area contributed by atoms with Crippen LogP contribution in [0.3, 0.4) is 0 Å². The Morgan fingerprint density at radius 3 is 2.71 bits per heavy atom. The molecule has 2 heterocycles. The number of benzene rings is 1. The summed E-state index contributed by atoms with van der Waals surface area (Å²) in [5, 5.41) is 7.28. The van der Waals surface area contributed by atoms with Gasteiger partial charge in [0.1, 0.15) is 0 Å². The van der Waals surface area contributed by atoms with Crippen molar-refractivity contribution in [2.75, 3.05) is 19.8 Å². The van der Waals surface area contributed by atoms with Crippen LogP contribution in [-0.4, -0.2) is 41.0 Å². The summed E-state index contributed by atoms with van der Waals surface area (Å²) in [5.41, 5.74) is 7.46. The van der Waals surface area contributed by atoms with E-state index in [1.54, 1.807) is 0 Å². The lowest BCUT2D eigenvalue weighted by atomic mass is 9.90. The maximum Gasteiger partial charge on any atom is 0.240 e. The molecule has 1 saturated heterocycles. The smallest absolute Gasteiger partial charge is 0.240 e. The molecule has 1 aliphatic heterocycles. The van der Waals surface area contributed by atoms with E-state index >= 15 is 0 Å². The Morgan fingerprint density at radius 2 is 2.00 bits per heavy atom. The third-order valence-corrected chi connectivity index (χ3v) is 4.19. The molecule has 1 amide bonds. The topological polar surface area (TPSA) is 82.2 Å². The summed E-state index contributed by atoms with van der Waals surface area (Å²) < 4.78 is 7.10. The third-order valence-electron chi connectivity index (χ3n) is 4.19. The highest BCUT2D eigenvalue weighted by atomic mass is 35.5. The summed E-state index contributed by atoms with van der Waals surface area (Å²) in [7, 11) is 0. The standard InChI is InChI=1S/C17H22N4O2.ClH/c18-17(7-10-23-11-8-17)16(22)19-9-6-14-12-20-21(13-14)15-4-2-1-3-5-15;/h1-5,12-13H,6-11,18H2,(H,19,22);1H. The second kappa shape index (κ2) is 8.28. The lowest BCUT2D eigenvalue weighted by molar-refractivity contribution is -0.129. The summed E-state index contributed by atoms with van der Waals surface area (Å²) in [6.07, 6.45) is 5.68. The molecule has 1 fully saturated rings. The number of rotatable bonds is 5. The van der Waals surface area contributed by atoms with Gasteiger partial charge in [-0.3, -0.25) is 4.79 Å². The van der Waals surface area contributed by atoms with Crippen LogP contribution in [0.25, 0.3) is 5.69 Å². The maximum atomic E-state index is 12.2. The number of nitrogens with two attached hydrogens (primary N) is 1. The van der Waals surface area contributed by atoms with Gasteiger partial charge >= 0.3 is 0 Å². The predicted octanol–water partition coefficient (Wildman–Crippen LogP) is 1.46. The number of halogens is 1. The van der Waals surface area contributed by atoms with Crippen LogP contribution >= 0.6 is 12.4 Å². The van der Waals surface area contributed by atoms with Crippen LogP contribution in [-0.2, 0) is 16.0 Å². The van der Waals surface area contributed by atoms with Gasteiger partial charge in [0.05, 0.1) is 17.4 Å². The molecule has 1 aromatic heterocycles. The number of nitrogens with zero attached hydrogens (tertiary/aromatic N) is 2. The zero-order valence-electron chi connectivity index (χ0n) is 13.5. The molecule has 1 aliphatic rings. The number of carbonyl (C=O) groups is 1. The van der Waals surface area contributed by atoms with Gasteiger partial charge < -0.3 is 15.8 Å². The van der Waals surface area contributed by atoms with E-state index in [0.29, 0.717) is 32.6 Å². The predicted molar refractivity (Wildman–Crippen MR) is 94.5 cm³/mol. The second-order valence-corrected chi connectivity index (χ2v) is 5.90. The summed E-state index contributed by atoms with van der Waals surface area (Å²) in [6.45, 7) is 1.65. The molecule has 0 saturated carbocycles. The average Bonchev–Trinajstić information content (AvgIpc) is 3.05. The van der Waals surface area contributed by atoms with Crippen LogP contribution < -0.4 is 11.1 Å². The van der Waals surface area contributed by atoms with Crippen molar-refractivity contribution in [3.63, 3.8) is 0 Å². The molecule has 0 bridgehead atoms. The second-order valence-electron chi connectivity index (χ2n) is 5.90. The van der Waals surface area contributed by atoms with E-state index in [0.717, 1.165) is 17.7 Å². The highest BCUT2D eigenvalue weighted by Gasteiger charge is 2.35. The van der Waals surface area contributed by atoms with Gasteiger partial charge in [-0.15, -0.1) is 12.4 Å². The Kier molecular flexibility index (Phi) is 6.36. The van der Waals surface area contributed by atoms with Crippen LogP contribution in [0.5, 0.6) is 0 Å². The molecule has 6 nitrogen and oxygen atoms in total. The number of hydrogen-bond donors (Lipinski definition) is 2. The molecule has 2 aromatic rings. The first kappa shape index (κ1) is 18.4. The Hall–Kier alpha value is -1.89. The van der Waals surface area contributed by atoms with E-state index < -0.39 is 5.54 Å². The fourth-order valence-corrected chi connectivity index (χ4v) is 2.67. The number of nitrogens with one attached hydrogen (secondary N) is 1. The molecule has 7 heteroatoms. The van der Waals surface area contributed by atoms with E-state index in [9.17, 15) is 4.79 Å². The molecule has 0 radical (unpaired) electrons. The number of para-hydroxylation sites is 1. The summed E-state index contributed by atoms with van der Waals surface area (Å²) in [4.78, 5) is 12.2. The van der Waals surface area contributed by atoms with E-state index in [1.165, 1.54) is 0 Å². The van der Waals surface area contributed by atoms with E-state index in [4.69, 9.17) is 10.5 Å². The van der Waals surface area contributed by atoms with Crippen LogP contribution in [0.15, 0.2) is 42.7 Å². The normalized spacial score (nSPS) is 16.2. The Bertz CT molecular complexity index is 654. The SMILES string of the molecule is Cl.NC1(C(=O)NCCc2cnn(-c3ccccc3)c2)CCOCC1. The fourth-order valence-electron chi connectivity index (χ4n) is 2.67. The van der Waals surface area contributed by atoms with Gasteiger partial charge in [-0.05, 0) is 37.0 Å². The van der Waals surface area contributed by atoms with Gasteiger partial charge in [0.2, 0.25) is 5.91 Å². The van der Waals surface area contributed by atoms with E-state index in [1.807, 2.05) is 47.4 Å². The molecular weight excluding hydrogens is 328 g/mol. The van der Waals surface area contributed by atoms with Gasteiger partial charge in [-0.1, -0.05) is 18.2 Å². The molecule has 24 heavy (non-hydrogen) atoms. The Morgan fingerprint density at radius 1 is 1.29 bits per heavy atom. The van der Waals surface area contributed by atoms with E-state index in [-0.39, 0.29) is 18.3 Å². The van der Waals surface area contributed by atoms with Crippen molar-refractivity contribution in [2.24, 2.45) is 5.73 Å². The lowest BCUT2D eigenvalue weighted by Crippen LogP contribution is -2.57. The first-order valence-electron chi connectivity index (χ1n) is 7.91. The minimum absolute atomic E-state index is 0. The zero-order chi connectivity index (χ0) is 16.1. The van der Waals surface area contributed by atoms with Gasteiger partial charge in [0.25, 0.3) is 0 Å². The summed E-state index contributed by atoms with van der Waals surface area (Å²) in [6, 6.07) is 9.93. The van der Waals surface area contributed by atoms with Gasteiger partial charge in [0.15, 0.2) is 0 Å². The largest absolute Gasteiger partial charge is 0.381 e. The van der Waals surface area contributed by atoms with E-state index in [2.05, 4.69) is 10.4 Å². The number of aromatic nitrogens is 2. The van der Waals surface area contributed by atoms with Crippen LogP contribution in [0.1, 0.15) is 18.4 Å². The molecule has 0 unspecified atom stereocenters. The molecule has 0 atom stereocenters. The van der Waals surface area contributed by atoms with Gasteiger partial charge in [0, 0.05) is 26.0 Å². The van der Waals surface area contributed by atoms with Crippen LogP contribution in [0.2, 0.25) is 0 Å². The van der Waals surface area contributed by atoms with Crippen LogP contribution in [0.4, 0.5) is 0 Å². The van der Waals surface area contributed by atoms with Gasteiger partial charge in [-0.2, -0.15) is 5.10 Å². The lowest BCUT2D eigenvalue weighted by Gasteiger charge is -2.31. The van der Waals surface area contributed by atoms with Crippen LogP contribution in [0, 0.1) is 0 Å². The Balaban J connectivity index is 0.00000208. The quantitative estimate of drug-likeness (QED) is 0.855. The van der Waals surface area contributed by atoms with Crippen molar-refractivity contribution in [3.8, 4) is 5.69 Å². The molecular formula is C17H23ClN4O2. The van der Waals surface area contributed by atoms with Gasteiger partial charge in [-0.25, -0.2) is 4.68 Å². The monoisotopic (exact) mass is 350 g/mol. The van der Waals surface area contributed by atoms with Crippen molar-refractivity contribution < 1.29 is 9.53 Å². The minimum Gasteiger partial charge on any atom is -0.381 e. The summed E-state index contributed by atoms with van der Waals surface area (Å²) in [5.74, 6) is -0.0868.